The predicted molar refractivity (Wildman–Crippen MR) is 96.4 cm³/mol. The summed E-state index contributed by atoms with van der Waals surface area (Å²) < 4.78 is 0. The van der Waals surface area contributed by atoms with Crippen LogP contribution in [-0.4, -0.2) is 32.4 Å². The third-order valence-corrected chi connectivity index (χ3v) is 5.06. The fraction of sp³-hybridized carbons (Fsp3) is 0.235. The van der Waals surface area contributed by atoms with Gasteiger partial charge in [0.2, 0.25) is 5.95 Å². The molecule has 7 nitrogen and oxygen atoms in total. The van der Waals surface area contributed by atoms with Crippen molar-refractivity contribution in [2.45, 2.75) is 19.8 Å². The van der Waals surface area contributed by atoms with Gasteiger partial charge in [-0.1, -0.05) is 0 Å². The molecule has 3 aromatic rings. The van der Waals surface area contributed by atoms with Gasteiger partial charge in [0, 0.05) is 30.0 Å². The van der Waals surface area contributed by atoms with Crippen LogP contribution in [0.1, 0.15) is 26.8 Å². The first kappa shape index (κ1) is 15.6. The predicted octanol–water partition coefficient (Wildman–Crippen LogP) is 2.97. The SMILES string of the molecule is Cc1ncccc1NC(=O)c1nc2c(s1)CCCN2c1ncccn1. The van der Waals surface area contributed by atoms with E-state index in [0.29, 0.717) is 16.6 Å². The Morgan fingerprint density at radius 2 is 2.00 bits per heavy atom. The molecule has 1 amide bonds. The molecule has 4 rings (SSSR count). The normalized spacial score (nSPS) is 13.4. The molecular formula is C17H16N6OS. The van der Waals surface area contributed by atoms with E-state index in [0.717, 1.165) is 35.8 Å². The summed E-state index contributed by atoms with van der Waals surface area (Å²) in [6, 6.07) is 5.41. The number of hydrogen-bond donors (Lipinski definition) is 1. The zero-order valence-corrected chi connectivity index (χ0v) is 14.5. The second-order valence-corrected chi connectivity index (χ2v) is 6.74. The second-order valence-electron chi connectivity index (χ2n) is 5.66. The number of thiazole rings is 1. The van der Waals surface area contributed by atoms with Gasteiger partial charge in [0.15, 0.2) is 10.8 Å². The van der Waals surface area contributed by atoms with Gasteiger partial charge in [-0.25, -0.2) is 15.0 Å². The van der Waals surface area contributed by atoms with Crippen molar-refractivity contribution in [3.63, 3.8) is 0 Å². The summed E-state index contributed by atoms with van der Waals surface area (Å²) in [5.41, 5.74) is 1.47. The third-order valence-electron chi connectivity index (χ3n) is 3.96. The van der Waals surface area contributed by atoms with Gasteiger partial charge in [-0.3, -0.25) is 14.7 Å². The molecule has 1 aliphatic rings. The van der Waals surface area contributed by atoms with E-state index in [9.17, 15) is 4.79 Å². The molecule has 0 radical (unpaired) electrons. The lowest BCUT2D eigenvalue weighted by Crippen LogP contribution is -2.26. The number of carbonyl (C=O) groups excluding carboxylic acids is 1. The Labute approximate surface area is 148 Å². The van der Waals surface area contributed by atoms with E-state index >= 15 is 0 Å². The topological polar surface area (TPSA) is 83.9 Å². The van der Waals surface area contributed by atoms with Crippen molar-refractivity contribution in [2.24, 2.45) is 0 Å². The number of nitrogens with zero attached hydrogens (tertiary/aromatic N) is 5. The van der Waals surface area contributed by atoms with E-state index in [1.807, 2.05) is 17.9 Å². The van der Waals surface area contributed by atoms with E-state index in [1.54, 1.807) is 30.7 Å². The molecule has 0 saturated heterocycles. The summed E-state index contributed by atoms with van der Waals surface area (Å²) in [5, 5.41) is 3.33. The molecule has 25 heavy (non-hydrogen) atoms. The maximum atomic E-state index is 12.6. The minimum Gasteiger partial charge on any atom is -0.318 e. The fourth-order valence-electron chi connectivity index (χ4n) is 2.74. The Morgan fingerprint density at radius 1 is 1.20 bits per heavy atom. The number of hydrogen-bond acceptors (Lipinski definition) is 7. The van der Waals surface area contributed by atoms with Gasteiger partial charge in [-0.05, 0) is 38.0 Å². The van der Waals surface area contributed by atoms with Crippen molar-refractivity contribution in [2.75, 3.05) is 16.8 Å². The molecule has 3 aromatic heterocycles. The summed E-state index contributed by atoms with van der Waals surface area (Å²) in [7, 11) is 0. The van der Waals surface area contributed by atoms with Crippen LogP contribution in [0.3, 0.4) is 0 Å². The van der Waals surface area contributed by atoms with Crippen LogP contribution in [0.4, 0.5) is 17.5 Å². The number of rotatable bonds is 3. The zero-order valence-electron chi connectivity index (χ0n) is 13.6. The summed E-state index contributed by atoms with van der Waals surface area (Å²) in [4.78, 5) is 33.0. The Bertz CT molecular complexity index is 911. The minimum absolute atomic E-state index is 0.218. The second kappa shape index (κ2) is 6.56. The standard InChI is InChI=1S/C17H16N6OS/c1-11-12(5-2-7-18-11)21-15(24)16-22-14-13(25-16)6-3-10-23(14)17-19-8-4-9-20-17/h2,4-5,7-9H,3,6,10H2,1H3,(H,21,24). The van der Waals surface area contributed by atoms with Crippen molar-refractivity contribution >= 4 is 34.7 Å². The Balaban J connectivity index is 1.62. The molecule has 4 heterocycles. The van der Waals surface area contributed by atoms with Crippen molar-refractivity contribution in [1.29, 1.82) is 0 Å². The average Bonchev–Trinajstić information content (AvgIpc) is 3.09. The van der Waals surface area contributed by atoms with Gasteiger partial charge in [-0.15, -0.1) is 11.3 Å². The zero-order chi connectivity index (χ0) is 17.2. The lowest BCUT2D eigenvalue weighted by molar-refractivity contribution is 0.102. The van der Waals surface area contributed by atoms with Crippen LogP contribution >= 0.6 is 11.3 Å². The maximum Gasteiger partial charge on any atom is 0.284 e. The molecule has 0 spiro atoms. The quantitative estimate of drug-likeness (QED) is 0.780. The lowest BCUT2D eigenvalue weighted by atomic mass is 10.2. The van der Waals surface area contributed by atoms with Crippen LogP contribution in [0, 0.1) is 6.92 Å². The van der Waals surface area contributed by atoms with Crippen molar-refractivity contribution < 1.29 is 4.79 Å². The summed E-state index contributed by atoms with van der Waals surface area (Å²) in [6.07, 6.45) is 7.01. The first-order valence-electron chi connectivity index (χ1n) is 7.99. The fourth-order valence-corrected chi connectivity index (χ4v) is 3.74. The van der Waals surface area contributed by atoms with Crippen molar-refractivity contribution in [3.05, 3.63) is 52.4 Å². The highest BCUT2D eigenvalue weighted by Crippen LogP contribution is 2.35. The van der Waals surface area contributed by atoms with Gasteiger partial charge < -0.3 is 5.32 Å². The van der Waals surface area contributed by atoms with Gasteiger partial charge in [0.05, 0.1) is 11.4 Å². The molecule has 1 N–H and O–H groups in total. The number of nitrogens with one attached hydrogen (secondary N) is 1. The first-order valence-corrected chi connectivity index (χ1v) is 8.81. The van der Waals surface area contributed by atoms with Crippen LogP contribution < -0.4 is 10.2 Å². The monoisotopic (exact) mass is 352 g/mol. The molecule has 0 aliphatic carbocycles. The minimum atomic E-state index is -0.218. The molecule has 0 unspecified atom stereocenters. The van der Waals surface area contributed by atoms with Gasteiger partial charge >= 0.3 is 0 Å². The smallest absolute Gasteiger partial charge is 0.284 e. The number of pyridine rings is 1. The number of amides is 1. The van der Waals surface area contributed by atoms with Crippen LogP contribution in [0.15, 0.2) is 36.8 Å². The molecule has 0 atom stereocenters. The van der Waals surface area contributed by atoms with Crippen LogP contribution in [-0.2, 0) is 6.42 Å². The highest BCUT2D eigenvalue weighted by atomic mass is 32.1. The maximum absolute atomic E-state index is 12.6. The van der Waals surface area contributed by atoms with E-state index < -0.39 is 0 Å². The average molecular weight is 352 g/mol. The molecule has 0 aromatic carbocycles. The molecule has 126 valence electrons. The van der Waals surface area contributed by atoms with E-state index in [2.05, 4.69) is 25.3 Å². The van der Waals surface area contributed by atoms with E-state index in [-0.39, 0.29) is 5.91 Å². The van der Waals surface area contributed by atoms with Crippen LogP contribution in [0.25, 0.3) is 0 Å². The van der Waals surface area contributed by atoms with Crippen LogP contribution in [0.5, 0.6) is 0 Å². The third kappa shape index (κ3) is 3.08. The van der Waals surface area contributed by atoms with Crippen molar-refractivity contribution in [1.82, 2.24) is 19.9 Å². The molecule has 1 aliphatic heterocycles. The Hall–Kier alpha value is -2.87. The number of aryl methyl sites for hydroxylation is 2. The highest BCUT2D eigenvalue weighted by molar-refractivity contribution is 7.14. The Morgan fingerprint density at radius 3 is 2.80 bits per heavy atom. The summed E-state index contributed by atoms with van der Waals surface area (Å²) >= 11 is 1.43. The first-order chi connectivity index (χ1) is 12.2. The van der Waals surface area contributed by atoms with Crippen LogP contribution in [0.2, 0.25) is 0 Å². The number of anilines is 3. The Kier molecular flexibility index (Phi) is 4.10. The number of fused-ring (bicyclic) bond motifs is 1. The molecular weight excluding hydrogens is 336 g/mol. The van der Waals surface area contributed by atoms with Gasteiger partial charge in [0.25, 0.3) is 5.91 Å². The van der Waals surface area contributed by atoms with E-state index in [1.165, 1.54) is 11.3 Å². The molecule has 0 fully saturated rings. The summed E-state index contributed by atoms with van der Waals surface area (Å²) in [6.45, 7) is 2.65. The molecule has 0 bridgehead atoms. The summed E-state index contributed by atoms with van der Waals surface area (Å²) in [5.74, 6) is 1.18. The largest absolute Gasteiger partial charge is 0.318 e. The molecule has 0 saturated carbocycles. The van der Waals surface area contributed by atoms with Gasteiger partial charge in [0.1, 0.15) is 0 Å². The molecule has 8 heteroatoms. The van der Waals surface area contributed by atoms with E-state index in [4.69, 9.17) is 0 Å². The van der Waals surface area contributed by atoms with Crippen molar-refractivity contribution in [3.8, 4) is 0 Å². The number of aromatic nitrogens is 4. The van der Waals surface area contributed by atoms with Gasteiger partial charge in [-0.2, -0.15) is 0 Å². The number of carbonyl (C=O) groups is 1. The highest BCUT2D eigenvalue weighted by Gasteiger charge is 2.26. The lowest BCUT2D eigenvalue weighted by Gasteiger charge is -2.25.